The summed E-state index contributed by atoms with van der Waals surface area (Å²) in [6, 6.07) is 0. The lowest BCUT2D eigenvalue weighted by molar-refractivity contribution is 0.210. The Morgan fingerprint density at radius 3 is 3.22 bits per heavy atom. The van der Waals surface area contributed by atoms with Gasteiger partial charge in [0.2, 0.25) is 0 Å². The molecule has 3 heterocycles. The summed E-state index contributed by atoms with van der Waals surface area (Å²) in [5.41, 5.74) is 0. The van der Waals surface area contributed by atoms with E-state index in [1.807, 2.05) is 12.4 Å². The fourth-order valence-corrected chi connectivity index (χ4v) is 3.12. The van der Waals surface area contributed by atoms with Crippen LogP contribution in [0.25, 0.3) is 0 Å². The van der Waals surface area contributed by atoms with E-state index in [2.05, 4.69) is 37.9 Å². The van der Waals surface area contributed by atoms with Gasteiger partial charge < -0.3 is 9.88 Å². The van der Waals surface area contributed by atoms with Crippen LogP contribution in [0.1, 0.15) is 17.6 Å². The zero-order valence-electron chi connectivity index (χ0n) is 10.5. The number of nitrogens with one attached hydrogen (secondary N) is 1. The molecule has 6 heteroatoms. The van der Waals surface area contributed by atoms with Crippen molar-refractivity contribution >= 4 is 16.5 Å². The van der Waals surface area contributed by atoms with Crippen LogP contribution in [0, 0.1) is 0 Å². The topological polar surface area (TPSA) is 46.0 Å². The highest BCUT2D eigenvalue weighted by molar-refractivity contribution is 7.15. The highest BCUT2D eigenvalue weighted by atomic mass is 32.1. The van der Waals surface area contributed by atoms with E-state index in [-0.39, 0.29) is 0 Å². The molecule has 0 unspecified atom stereocenters. The summed E-state index contributed by atoms with van der Waals surface area (Å²) in [7, 11) is 0. The first-order valence-electron chi connectivity index (χ1n) is 6.26. The fourth-order valence-electron chi connectivity index (χ4n) is 2.19. The Morgan fingerprint density at radius 2 is 2.33 bits per heavy atom. The second kappa shape index (κ2) is 5.07. The van der Waals surface area contributed by atoms with E-state index in [4.69, 9.17) is 0 Å². The summed E-state index contributed by atoms with van der Waals surface area (Å²) in [6.07, 6.45) is 5.92. The van der Waals surface area contributed by atoms with Gasteiger partial charge in [-0.3, -0.25) is 4.90 Å². The lowest BCUT2D eigenvalue weighted by Crippen LogP contribution is -2.32. The quantitative estimate of drug-likeness (QED) is 0.913. The van der Waals surface area contributed by atoms with Crippen molar-refractivity contribution in [3.8, 4) is 0 Å². The molecule has 5 nitrogen and oxygen atoms in total. The van der Waals surface area contributed by atoms with Gasteiger partial charge in [-0.15, -0.1) is 11.3 Å². The van der Waals surface area contributed by atoms with Crippen molar-refractivity contribution in [2.75, 3.05) is 18.4 Å². The van der Waals surface area contributed by atoms with Gasteiger partial charge in [0.15, 0.2) is 5.13 Å². The van der Waals surface area contributed by atoms with Crippen LogP contribution in [-0.4, -0.2) is 32.5 Å². The molecule has 1 aliphatic rings. The molecule has 2 aromatic heterocycles. The molecule has 0 spiro atoms. The van der Waals surface area contributed by atoms with Crippen LogP contribution < -0.4 is 5.32 Å². The van der Waals surface area contributed by atoms with Gasteiger partial charge in [0.05, 0.1) is 6.54 Å². The van der Waals surface area contributed by atoms with Crippen molar-refractivity contribution in [1.29, 1.82) is 0 Å². The number of thiazole rings is 1. The van der Waals surface area contributed by atoms with Gasteiger partial charge in [-0.1, -0.05) is 0 Å². The third kappa shape index (κ3) is 2.39. The summed E-state index contributed by atoms with van der Waals surface area (Å²) in [6.45, 7) is 7.03. The molecule has 0 fully saturated rings. The van der Waals surface area contributed by atoms with Crippen molar-refractivity contribution in [2.24, 2.45) is 0 Å². The minimum atomic E-state index is 0.925. The molecule has 0 bridgehead atoms. The highest BCUT2D eigenvalue weighted by Crippen LogP contribution is 2.21. The fraction of sp³-hybridized carbons (Fsp3) is 0.500. The molecule has 3 rings (SSSR count). The molecule has 1 N–H and O–H groups in total. The second-order valence-corrected chi connectivity index (χ2v) is 5.52. The lowest BCUT2D eigenvalue weighted by atomic mass is 10.3. The summed E-state index contributed by atoms with van der Waals surface area (Å²) >= 11 is 1.74. The van der Waals surface area contributed by atoms with E-state index < -0.39 is 0 Å². The van der Waals surface area contributed by atoms with Gasteiger partial charge in [-0.2, -0.15) is 0 Å². The predicted octanol–water partition coefficient (Wildman–Crippen LogP) is 1.79. The molecule has 18 heavy (non-hydrogen) atoms. The molecule has 0 atom stereocenters. The molecule has 96 valence electrons. The second-order valence-electron chi connectivity index (χ2n) is 4.41. The van der Waals surface area contributed by atoms with Gasteiger partial charge in [0.1, 0.15) is 5.82 Å². The number of nitrogens with zero attached hydrogens (tertiary/aromatic N) is 4. The average Bonchev–Trinajstić information content (AvgIpc) is 2.98. The number of anilines is 1. The molecular formula is C12H17N5S. The lowest BCUT2D eigenvalue weighted by Gasteiger charge is -2.26. The SMILES string of the molecule is CCNc1ncc(CN2CCn3ccnc3C2)s1. The Kier molecular flexibility index (Phi) is 3.29. The number of fused-ring (bicyclic) bond motifs is 1. The Balaban J connectivity index is 1.63. The van der Waals surface area contributed by atoms with Crippen LogP contribution in [0.4, 0.5) is 5.13 Å². The molecule has 0 aliphatic carbocycles. The highest BCUT2D eigenvalue weighted by Gasteiger charge is 2.17. The number of rotatable bonds is 4. The van der Waals surface area contributed by atoms with E-state index in [1.54, 1.807) is 11.3 Å². The van der Waals surface area contributed by atoms with E-state index in [9.17, 15) is 0 Å². The molecule has 2 aromatic rings. The largest absolute Gasteiger partial charge is 0.362 e. The monoisotopic (exact) mass is 263 g/mol. The Hall–Kier alpha value is -1.40. The number of hydrogen-bond donors (Lipinski definition) is 1. The summed E-state index contributed by atoms with van der Waals surface area (Å²) < 4.78 is 2.23. The summed E-state index contributed by atoms with van der Waals surface area (Å²) in [4.78, 5) is 12.5. The van der Waals surface area contributed by atoms with Crippen LogP contribution in [-0.2, 0) is 19.6 Å². The van der Waals surface area contributed by atoms with Crippen LogP contribution >= 0.6 is 11.3 Å². The van der Waals surface area contributed by atoms with Crippen molar-refractivity contribution in [2.45, 2.75) is 26.6 Å². The van der Waals surface area contributed by atoms with E-state index in [0.29, 0.717) is 0 Å². The summed E-state index contributed by atoms with van der Waals surface area (Å²) in [5.74, 6) is 1.16. The number of imidazole rings is 1. The Labute approximate surface area is 110 Å². The maximum Gasteiger partial charge on any atom is 0.182 e. The first-order chi connectivity index (χ1) is 8.85. The van der Waals surface area contributed by atoms with E-state index >= 15 is 0 Å². The first kappa shape index (κ1) is 11.7. The van der Waals surface area contributed by atoms with Gasteiger partial charge in [-0.05, 0) is 6.92 Å². The maximum absolute atomic E-state index is 4.38. The van der Waals surface area contributed by atoms with Crippen molar-refractivity contribution in [1.82, 2.24) is 19.4 Å². The zero-order valence-corrected chi connectivity index (χ0v) is 11.3. The third-order valence-corrected chi connectivity index (χ3v) is 4.02. The van der Waals surface area contributed by atoms with Gasteiger partial charge in [0.25, 0.3) is 0 Å². The molecule has 0 saturated carbocycles. The van der Waals surface area contributed by atoms with Gasteiger partial charge in [0, 0.05) is 49.6 Å². The first-order valence-corrected chi connectivity index (χ1v) is 7.07. The number of aromatic nitrogens is 3. The maximum atomic E-state index is 4.38. The minimum Gasteiger partial charge on any atom is -0.362 e. The van der Waals surface area contributed by atoms with Gasteiger partial charge in [-0.25, -0.2) is 9.97 Å². The van der Waals surface area contributed by atoms with Crippen LogP contribution in [0.15, 0.2) is 18.6 Å². The van der Waals surface area contributed by atoms with Crippen LogP contribution in [0.3, 0.4) is 0 Å². The predicted molar refractivity (Wildman–Crippen MR) is 72.6 cm³/mol. The molecule has 0 amide bonds. The minimum absolute atomic E-state index is 0.925. The normalized spacial score (nSPS) is 15.6. The van der Waals surface area contributed by atoms with Gasteiger partial charge >= 0.3 is 0 Å². The van der Waals surface area contributed by atoms with Crippen LogP contribution in [0.5, 0.6) is 0 Å². The molecule has 0 radical (unpaired) electrons. The van der Waals surface area contributed by atoms with Crippen molar-refractivity contribution in [3.05, 3.63) is 29.3 Å². The van der Waals surface area contributed by atoms with E-state index in [1.165, 1.54) is 4.88 Å². The molecule has 1 aliphatic heterocycles. The standard InChI is InChI=1S/C12H17N5S/c1-2-13-12-15-7-10(18-12)8-16-5-6-17-4-3-14-11(17)9-16/h3-4,7H,2,5-6,8-9H2,1H3,(H,13,15). The Morgan fingerprint density at radius 1 is 1.39 bits per heavy atom. The molecule has 0 aromatic carbocycles. The van der Waals surface area contributed by atoms with Crippen molar-refractivity contribution in [3.63, 3.8) is 0 Å². The smallest absolute Gasteiger partial charge is 0.182 e. The zero-order chi connectivity index (χ0) is 12.4. The van der Waals surface area contributed by atoms with Crippen LogP contribution in [0.2, 0.25) is 0 Å². The number of hydrogen-bond acceptors (Lipinski definition) is 5. The Bertz CT molecular complexity index is 518. The van der Waals surface area contributed by atoms with Crippen molar-refractivity contribution < 1.29 is 0 Å². The molecular weight excluding hydrogens is 246 g/mol. The third-order valence-electron chi connectivity index (χ3n) is 3.08. The average molecular weight is 263 g/mol. The molecule has 0 saturated heterocycles. The summed E-state index contributed by atoms with van der Waals surface area (Å²) in [5, 5.41) is 4.27. The van der Waals surface area contributed by atoms with E-state index in [0.717, 1.165) is 43.7 Å².